The molecule has 1 unspecified atom stereocenters. The van der Waals surface area contributed by atoms with Gasteiger partial charge in [-0.25, -0.2) is 4.79 Å². The van der Waals surface area contributed by atoms with Crippen molar-refractivity contribution < 1.29 is 24.2 Å². The molecule has 0 spiro atoms. The number of benzene rings is 1. The van der Waals surface area contributed by atoms with Crippen LogP contribution in [-0.4, -0.2) is 42.6 Å². The maximum absolute atomic E-state index is 12.9. The number of thiophene rings is 1. The van der Waals surface area contributed by atoms with Crippen LogP contribution in [0.2, 0.25) is 0 Å². The van der Waals surface area contributed by atoms with Crippen LogP contribution in [0.15, 0.2) is 41.8 Å². The number of hydrogen-bond acceptors (Lipinski definition) is 5. The molecule has 7 nitrogen and oxygen atoms in total. The van der Waals surface area contributed by atoms with Crippen LogP contribution in [0.25, 0.3) is 0 Å². The zero-order valence-electron chi connectivity index (χ0n) is 15.3. The molecule has 1 atom stereocenters. The summed E-state index contributed by atoms with van der Waals surface area (Å²) >= 11 is 1.32. The first-order valence-corrected chi connectivity index (χ1v) is 9.24. The lowest BCUT2D eigenvalue weighted by atomic mass is 10.0. The van der Waals surface area contributed by atoms with E-state index in [1.165, 1.54) is 16.2 Å². The molecule has 0 bridgehead atoms. The molecular weight excluding hydrogens is 368 g/mol. The van der Waals surface area contributed by atoms with Gasteiger partial charge in [0.15, 0.2) is 6.61 Å². The first-order valence-electron chi connectivity index (χ1n) is 8.36. The van der Waals surface area contributed by atoms with Crippen molar-refractivity contribution in [2.45, 2.75) is 19.9 Å². The second kappa shape index (κ2) is 9.18. The number of ether oxygens (including phenoxy) is 1. The molecule has 8 heteroatoms. The molecule has 0 aliphatic carbocycles. The van der Waals surface area contributed by atoms with Crippen molar-refractivity contribution in [3.8, 4) is 5.75 Å². The van der Waals surface area contributed by atoms with E-state index in [1.54, 1.807) is 48.8 Å². The molecule has 0 saturated carbocycles. The molecule has 0 radical (unpaired) electrons. The van der Waals surface area contributed by atoms with E-state index in [9.17, 15) is 14.4 Å². The standard InChI is InChI=1S/C19H22N2O5S/c1-12(2)17(20-18(24)15-5-4-10-27-15)19(25)21(3)13-6-8-14(9-7-13)26-11-16(22)23/h4-10,12,17H,11H2,1-3H3,(H,20,24)(H,22,23). The van der Waals surface area contributed by atoms with Crippen LogP contribution < -0.4 is 15.0 Å². The van der Waals surface area contributed by atoms with Crippen molar-refractivity contribution >= 4 is 34.8 Å². The van der Waals surface area contributed by atoms with Crippen molar-refractivity contribution in [3.63, 3.8) is 0 Å². The third kappa shape index (κ3) is 5.55. The predicted molar refractivity (Wildman–Crippen MR) is 103 cm³/mol. The van der Waals surface area contributed by atoms with Crippen LogP contribution >= 0.6 is 11.3 Å². The number of anilines is 1. The zero-order valence-corrected chi connectivity index (χ0v) is 16.2. The van der Waals surface area contributed by atoms with E-state index in [0.717, 1.165) is 0 Å². The highest BCUT2D eigenvalue weighted by atomic mass is 32.1. The Morgan fingerprint density at radius 3 is 2.37 bits per heavy atom. The average molecular weight is 390 g/mol. The van der Waals surface area contributed by atoms with Crippen molar-refractivity contribution in [1.29, 1.82) is 0 Å². The topological polar surface area (TPSA) is 95.9 Å². The number of nitrogens with zero attached hydrogens (tertiary/aromatic N) is 1. The van der Waals surface area contributed by atoms with Crippen LogP contribution in [0.5, 0.6) is 5.75 Å². The molecule has 1 aromatic carbocycles. The monoisotopic (exact) mass is 390 g/mol. The molecule has 1 heterocycles. The molecule has 1 aromatic heterocycles. The fraction of sp³-hybridized carbons (Fsp3) is 0.316. The maximum Gasteiger partial charge on any atom is 0.341 e. The lowest BCUT2D eigenvalue weighted by molar-refractivity contribution is -0.139. The number of carbonyl (C=O) groups excluding carboxylic acids is 2. The summed E-state index contributed by atoms with van der Waals surface area (Å²) in [5.74, 6) is -1.28. The first-order chi connectivity index (χ1) is 12.8. The molecule has 2 rings (SSSR count). The zero-order chi connectivity index (χ0) is 20.0. The van der Waals surface area contributed by atoms with Crippen molar-refractivity contribution in [3.05, 3.63) is 46.7 Å². The van der Waals surface area contributed by atoms with Gasteiger partial charge in [-0.1, -0.05) is 19.9 Å². The third-order valence-electron chi connectivity index (χ3n) is 3.88. The summed E-state index contributed by atoms with van der Waals surface area (Å²) in [6.07, 6.45) is 0. The Morgan fingerprint density at radius 1 is 1.19 bits per heavy atom. The molecule has 0 aliphatic rings. The Kier molecular flexibility index (Phi) is 6.95. The number of rotatable bonds is 8. The van der Waals surface area contributed by atoms with Crippen molar-refractivity contribution in [1.82, 2.24) is 5.32 Å². The smallest absolute Gasteiger partial charge is 0.341 e. The molecule has 0 aliphatic heterocycles. The highest BCUT2D eigenvalue weighted by Crippen LogP contribution is 2.20. The van der Waals surface area contributed by atoms with Gasteiger partial charge >= 0.3 is 5.97 Å². The van der Waals surface area contributed by atoms with Crippen LogP contribution in [0.4, 0.5) is 5.69 Å². The van der Waals surface area contributed by atoms with E-state index < -0.39 is 18.6 Å². The van der Waals surface area contributed by atoms with Crippen molar-refractivity contribution in [2.75, 3.05) is 18.6 Å². The molecule has 144 valence electrons. The molecule has 27 heavy (non-hydrogen) atoms. The molecule has 2 amide bonds. The Hall–Kier alpha value is -2.87. The number of likely N-dealkylation sites (N-methyl/N-ethyl adjacent to an activating group) is 1. The molecule has 2 N–H and O–H groups in total. The van der Waals surface area contributed by atoms with Gasteiger partial charge in [-0.2, -0.15) is 0 Å². The second-order valence-corrected chi connectivity index (χ2v) is 7.19. The van der Waals surface area contributed by atoms with Gasteiger partial charge in [0.05, 0.1) is 4.88 Å². The van der Waals surface area contributed by atoms with Gasteiger partial charge in [-0.3, -0.25) is 9.59 Å². The van der Waals surface area contributed by atoms with Crippen molar-refractivity contribution in [2.24, 2.45) is 5.92 Å². The molecule has 2 aromatic rings. The fourth-order valence-electron chi connectivity index (χ4n) is 2.38. The lowest BCUT2D eigenvalue weighted by Crippen LogP contribution is -2.50. The number of nitrogens with one attached hydrogen (secondary N) is 1. The third-order valence-corrected chi connectivity index (χ3v) is 4.75. The highest BCUT2D eigenvalue weighted by molar-refractivity contribution is 7.12. The van der Waals surface area contributed by atoms with Crippen LogP contribution in [0.3, 0.4) is 0 Å². The van der Waals surface area contributed by atoms with E-state index in [2.05, 4.69) is 5.32 Å². The van der Waals surface area contributed by atoms with Gasteiger partial charge in [0.25, 0.3) is 5.91 Å². The minimum absolute atomic E-state index is 0.0953. The average Bonchev–Trinajstić information content (AvgIpc) is 3.18. The summed E-state index contributed by atoms with van der Waals surface area (Å²) in [6, 6.07) is 9.33. The predicted octanol–water partition coefficient (Wildman–Crippen LogP) is 2.63. The quantitative estimate of drug-likeness (QED) is 0.722. The summed E-state index contributed by atoms with van der Waals surface area (Å²) in [7, 11) is 1.63. The number of aliphatic carboxylic acids is 1. The van der Waals surface area contributed by atoms with Gasteiger partial charge in [-0.15, -0.1) is 11.3 Å². The minimum atomic E-state index is -1.06. The summed E-state index contributed by atoms with van der Waals surface area (Å²) < 4.78 is 5.08. The van der Waals surface area contributed by atoms with Crippen LogP contribution in [0.1, 0.15) is 23.5 Å². The van der Waals surface area contributed by atoms with E-state index in [0.29, 0.717) is 16.3 Å². The van der Waals surface area contributed by atoms with Crippen LogP contribution in [-0.2, 0) is 9.59 Å². The van der Waals surface area contributed by atoms with Gasteiger partial charge in [-0.05, 0) is 41.6 Å². The number of carbonyl (C=O) groups is 3. The Labute approximate surface area is 161 Å². The summed E-state index contributed by atoms with van der Waals surface area (Å²) in [4.78, 5) is 37.8. The Bertz CT molecular complexity index is 787. The normalized spacial score (nSPS) is 11.7. The second-order valence-electron chi connectivity index (χ2n) is 6.25. The first kappa shape index (κ1) is 20.4. The lowest BCUT2D eigenvalue weighted by Gasteiger charge is -2.27. The Balaban J connectivity index is 2.08. The molecule has 0 saturated heterocycles. The van der Waals surface area contributed by atoms with Gasteiger partial charge < -0.3 is 20.1 Å². The van der Waals surface area contributed by atoms with E-state index in [4.69, 9.17) is 9.84 Å². The Morgan fingerprint density at radius 2 is 1.85 bits per heavy atom. The van der Waals surface area contributed by atoms with E-state index in [1.807, 2.05) is 13.8 Å². The summed E-state index contributed by atoms with van der Waals surface area (Å²) in [5, 5.41) is 13.2. The fourth-order valence-corrected chi connectivity index (χ4v) is 3.01. The van der Waals surface area contributed by atoms with Gasteiger partial charge in [0.2, 0.25) is 5.91 Å². The number of carboxylic acids is 1. The summed E-state index contributed by atoms with van der Waals surface area (Å²) in [6.45, 7) is 3.31. The summed E-state index contributed by atoms with van der Waals surface area (Å²) in [5.41, 5.74) is 0.610. The number of amides is 2. The minimum Gasteiger partial charge on any atom is -0.482 e. The van der Waals surface area contributed by atoms with Gasteiger partial charge in [0.1, 0.15) is 11.8 Å². The highest BCUT2D eigenvalue weighted by Gasteiger charge is 2.28. The molecule has 0 fully saturated rings. The van der Waals surface area contributed by atoms with Crippen LogP contribution in [0, 0.1) is 5.92 Å². The van der Waals surface area contributed by atoms with Gasteiger partial charge in [0, 0.05) is 12.7 Å². The molecular formula is C19H22N2O5S. The largest absolute Gasteiger partial charge is 0.482 e. The maximum atomic E-state index is 12.9. The SMILES string of the molecule is CC(C)C(NC(=O)c1cccs1)C(=O)N(C)c1ccc(OCC(=O)O)cc1. The number of hydrogen-bond donors (Lipinski definition) is 2. The van der Waals surface area contributed by atoms with E-state index in [-0.39, 0.29) is 17.7 Å². The van der Waals surface area contributed by atoms with E-state index >= 15 is 0 Å². The number of carboxylic acid groups (broad SMARTS) is 1.